The molecule has 0 heterocycles. The van der Waals surface area contributed by atoms with Crippen LogP contribution >= 0.6 is 0 Å². The van der Waals surface area contributed by atoms with Crippen LogP contribution in [0.3, 0.4) is 0 Å². The number of halogens is 1. The number of nitrogens with one attached hydrogen (secondary N) is 1. The SMILES string of the molecule is CN(C)S(=O)(=O)c1cccc(Nc2cccc(F)c2)c1N. The highest BCUT2D eigenvalue weighted by Crippen LogP contribution is 2.30. The van der Waals surface area contributed by atoms with Gasteiger partial charge in [0.25, 0.3) is 0 Å². The fraction of sp³-hybridized carbons (Fsp3) is 0.143. The minimum atomic E-state index is -3.64. The lowest BCUT2D eigenvalue weighted by Crippen LogP contribution is -2.23. The van der Waals surface area contributed by atoms with E-state index in [9.17, 15) is 12.8 Å². The number of anilines is 3. The molecule has 0 spiro atoms. The summed E-state index contributed by atoms with van der Waals surface area (Å²) in [5, 5.41) is 2.92. The van der Waals surface area contributed by atoms with Crippen molar-refractivity contribution in [3.05, 3.63) is 48.3 Å². The Morgan fingerprint density at radius 3 is 2.43 bits per heavy atom. The van der Waals surface area contributed by atoms with Crippen molar-refractivity contribution in [3.63, 3.8) is 0 Å². The lowest BCUT2D eigenvalue weighted by Gasteiger charge is -2.16. The lowest BCUT2D eigenvalue weighted by molar-refractivity contribution is 0.521. The molecule has 2 aromatic carbocycles. The summed E-state index contributed by atoms with van der Waals surface area (Å²) in [4.78, 5) is 0.00824. The number of nitrogen functional groups attached to an aromatic ring is 1. The Morgan fingerprint density at radius 1 is 1.14 bits per heavy atom. The Bertz CT molecular complexity index is 761. The standard InChI is InChI=1S/C14H16FN3O2S/c1-18(2)21(19,20)13-8-4-7-12(14(13)16)17-11-6-3-5-10(15)9-11/h3-9,17H,16H2,1-2H3. The Morgan fingerprint density at radius 2 is 1.81 bits per heavy atom. The summed E-state index contributed by atoms with van der Waals surface area (Å²) in [6, 6.07) is 10.5. The Balaban J connectivity index is 2.44. The second kappa shape index (κ2) is 5.71. The number of benzene rings is 2. The van der Waals surface area contributed by atoms with E-state index in [1.165, 1.54) is 32.3 Å². The highest BCUT2D eigenvalue weighted by atomic mass is 32.2. The third-order valence-electron chi connectivity index (χ3n) is 2.93. The minimum Gasteiger partial charge on any atom is -0.396 e. The van der Waals surface area contributed by atoms with Crippen molar-refractivity contribution in [2.75, 3.05) is 25.1 Å². The van der Waals surface area contributed by atoms with E-state index < -0.39 is 15.8 Å². The molecule has 2 rings (SSSR count). The minimum absolute atomic E-state index is 0.00824. The quantitative estimate of drug-likeness (QED) is 0.850. The molecule has 0 radical (unpaired) electrons. The van der Waals surface area contributed by atoms with Crippen molar-refractivity contribution in [2.24, 2.45) is 0 Å². The van der Waals surface area contributed by atoms with E-state index in [2.05, 4.69) is 5.32 Å². The highest BCUT2D eigenvalue weighted by Gasteiger charge is 2.21. The van der Waals surface area contributed by atoms with Gasteiger partial charge in [-0.3, -0.25) is 0 Å². The van der Waals surface area contributed by atoms with Crippen LogP contribution in [0, 0.1) is 5.82 Å². The van der Waals surface area contributed by atoms with Crippen molar-refractivity contribution >= 4 is 27.1 Å². The maximum Gasteiger partial charge on any atom is 0.244 e. The summed E-state index contributed by atoms with van der Waals surface area (Å²) in [6.07, 6.45) is 0. The van der Waals surface area contributed by atoms with Gasteiger partial charge in [-0.2, -0.15) is 0 Å². The van der Waals surface area contributed by atoms with Crippen LogP contribution in [0.4, 0.5) is 21.5 Å². The topological polar surface area (TPSA) is 75.4 Å². The van der Waals surface area contributed by atoms with Crippen molar-refractivity contribution in [2.45, 2.75) is 4.90 Å². The highest BCUT2D eigenvalue weighted by molar-refractivity contribution is 7.89. The van der Waals surface area contributed by atoms with E-state index in [0.717, 1.165) is 4.31 Å². The number of sulfonamides is 1. The first-order chi connectivity index (χ1) is 9.82. The van der Waals surface area contributed by atoms with E-state index in [0.29, 0.717) is 11.4 Å². The normalized spacial score (nSPS) is 11.6. The van der Waals surface area contributed by atoms with Crippen LogP contribution in [0.25, 0.3) is 0 Å². The van der Waals surface area contributed by atoms with Crippen LogP contribution in [0.2, 0.25) is 0 Å². The molecule has 112 valence electrons. The van der Waals surface area contributed by atoms with Crippen LogP contribution in [0.5, 0.6) is 0 Å². The number of rotatable bonds is 4. The lowest BCUT2D eigenvalue weighted by atomic mass is 10.2. The molecule has 0 unspecified atom stereocenters. The molecule has 5 nitrogen and oxygen atoms in total. The zero-order valence-electron chi connectivity index (χ0n) is 11.7. The number of nitrogens with two attached hydrogens (primary N) is 1. The second-order valence-corrected chi connectivity index (χ2v) is 6.76. The molecule has 7 heteroatoms. The largest absolute Gasteiger partial charge is 0.396 e. The van der Waals surface area contributed by atoms with E-state index in [-0.39, 0.29) is 10.6 Å². The van der Waals surface area contributed by atoms with Crippen molar-refractivity contribution < 1.29 is 12.8 Å². The molecule has 21 heavy (non-hydrogen) atoms. The Kier molecular flexibility index (Phi) is 4.15. The van der Waals surface area contributed by atoms with Gasteiger partial charge in [-0.25, -0.2) is 17.1 Å². The fourth-order valence-corrected chi connectivity index (χ4v) is 2.83. The van der Waals surface area contributed by atoms with Gasteiger partial charge in [-0.05, 0) is 30.3 Å². The van der Waals surface area contributed by atoms with E-state index >= 15 is 0 Å². The van der Waals surface area contributed by atoms with Gasteiger partial charge in [-0.1, -0.05) is 12.1 Å². The van der Waals surface area contributed by atoms with Gasteiger partial charge in [0, 0.05) is 19.8 Å². The summed E-state index contributed by atoms with van der Waals surface area (Å²) in [5.74, 6) is -0.393. The van der Waals surface area contributed by atoms with Crippen LogP contribution in [-0.4, -0.2) is 26.8 Å². The van der Waals surface area contributed by atoms with Crippen molar-refractivity contribution in [3.8, 4) is 0 Å². The summed E-state index contributed by atoms with van der Waals surface area (Å²) in [6.45, 7) is 0. The van der Waals surface area contributed by atoms with Crippen molar-refractivity contribution in [1.29, 1.82) is 0 Å². The molecule has 0 aliphatic rings. The third-order valence-corrected chi connectivity index (χ3v) is 4.80. The Labute approximate surface area is 123 Å². The maximum absolute atomic E-state index is 13.2. The molecule has 0 aliphatic heterocycles. The summed E-state index contributed by atoms with van der Waals surface area (Å²) in [5.41, 5.74) is 6.92. The van der Waals surface area contributed by atoms with Gasteiger partial charge in [0.2, 0.25) is 10.0 Å². The molecule has 0 aliphatic carbocycles. The van der Waals surface area contributed by atoms with E-state index in [1.54, 1.807) is 24.3 Å². The molecule has 0 fully saturated rings. The average molecular weight is 309 g/mol. The zero-order chi connectivity index (χ0) is 15.6. The van der Waals surface area contributed by atoms with Crippen LogP contribution < -0.4 is 11.1 Å². The fourth-order valence-electron chi connectivity index (χ4n) is 1.80. The molecular formula is C14H16FN3O2S. The van der Waals surface area contributed by atoms with Gasteiger partial charge in [0.05, 0.1) is 11.4 Å². The molecule has 0 bridgehead atoms. The molecular weight excluding hydrogens is 293 g/mol. The first-order valence-electron chi connectivity index (χ1n) is 6.16. The van der Waals surface area contributed by atoms with E-state index in [4.69, 9.17) is 5.73 Å². The third kappa shape index (κ3) is 3.14. The van der Waals surface area contributed by atoms with Gasteiger partial charge < -0.3 is 11.1 Å². The van der Waals surface area contributed by atoms with Crippen molar-refractivity contribution in [1.82, 2.24) is 4.31 Å². The molecule has 3 N–H and O–H groups in total. The Hall–Kier alpha value is -2.12. The summed E-state index contributed by atoms with van der Waals surface area (Å²) >= 11 is 0. The molecule has 0 amide bonds. The number of hydrogen-bond donors (Lipinski definition) is 2. The zero-order valence-corrected chi connectivity index (χ0v) is 12.5. The molecule has 0 saturated carbocycles. The first-order valence-corrected chi connectivity index (χ1v) is 7.60. The molecule has 2 aromatic rings. The van der Waals surface area contributed by atoms with Crippen LogP contribution in [0.15, 0.2) is 47.4 Å². The van der Waals surface area contributed by atoms with Gasteiger partial charge >= 0.3 is 0 Å². The predicted octanol–water partition coefficient (Wildman–Crippen LogP) is 2.40. The van der Waals surface area contributed by atoms with E-state index in [1.807, 2.05) is 0 Å². The van der Waals surface area contributed by atoms with Gasteiger partial charge in [0.1, 0.15) is 10.7 Å². The summed E-state index contributed by atoms with van der Waals surface area (Å²) < 4.78 is 38.6. The van der Waals surface area contributed by atoms with Gasteiger partial charge in [0.15, 0.2) is 0 Å². The number of nitrogens with zero attached hydrogens (tertiary/aromatic N) is 1. The van der Waals surface area contributed by atoms with Crippen LogP contribution in [-0.2, 0) is 10.0 Å². The molecule has 0 atom stereocenters. The number of para-hydroxylation sites is 1. The van der Waals surface area contributed by atoms with Gasteiger partial charge in [-0.15, -0.1) is 0 Å². The summed E-state index contributed by atoms with van der Waals surface area (Å²) in [7, 11) is -0.772. The predicted molar refractivity (Wildman–Crippen MR) is 81.4 cm³/mol. The monoisotopic (exact) mass is 309 g/mol. The van der Waals surface area contributed by atoms with Crippen LogP contribution in [0.1, 0.15) is 0 Å². The smallest absolute Gasteiger partial charge is 0.244 e. The first kappa shape index (κ1) is 15.3. The second-order valence-electron chi connectivity index (χ2n) is 4.64. The number of hydrogen-bond acceptors (Lipinski definition) is 4. The molecule has 0 saturated heterocycles. The average Bonchev–Trinajstić information content (AvgIpc) is 2.41. The molecule has 0 aromatic heterocycles. The maximum atomic E-state index is 13.2.